The van der Waals surface area contributed by atoms with Crippen LogP contribution in [0.3, 0.4) is 0 Å². The second-order valence-electron chi connectivity index (χ2n) is 3.58. The zero-order valence-corrected chi connectivity index (χ0v) is 10.1. The van der Waals surface area contributed by atoms with Gasteiger partial charge in [0.2, 0.25) is 0 Å². The van der Waals surface area contributed by atoms with Gasteiger partial charge in [-0.15, -0.1) is 0 Å². The topological polar surface area (TPSA) is 64.4 Å². The summed E-state index contributed by atoms with van der Waals surface area (Å²) in [5.41, 5.74) is 0.609. The summed E-state index contributed by atoms with van der Waals surface area (Å²) in [5.74, 6) is 0. The van der Waals surface area contributed by atoms with Crippen molar-refractivity contribution >= 4 is 27.3 Å². The van der Waals surface area contributed by atoms with Crippen LogP contribution in [0.25, 0.3) is 0 Å². The molecular formula is C10H11BrN2O3. The minimum absolute atomic E-state index is 0.0775. The van der Waals surface area contributed by atoms with E-state index in [4.69, 9.17) is 4.74 Å². The van der Waals surface area contributed by atoms with Crippen LogP contribution in [0.1, 0.15) is 6.42 Å². The Morgan fingerprint density at radius 1 is 1.62 bits per heavy atom. The van der Waals surface area contributed by atoms with E-state index < -0.39 is 4.92 Å². The summed E-state index contributed by atoms with van der Waals surface area (Å²) in [6.07, 6.45) is 1.19. The van der Waals surface area contributed by atoms with Crippen molar-refractivity contribution in [1.29, 1.82) is 0 Å². The summed E-state index contributed by atoms with van der Waals surface area (Å²) in [6.45, 7) is 1.40. The van der Waals surface area contributed by atoms with Gasteiger partial charge in [0.25, 0.3) is 5.69 Å². The van der Waals surface area contributed by atoms with Gasteiger partial charge in [0.05, 0.1) is 11.0 Å². The first-order valence-corrected chi connectivity index (χ1v) is 5.75. The fourth-order valence-electron chi connectivity index (χ4n) is 1.47. The number of halogens is 1. The fourth-order valence-corrected chi connectivity index (χ4v) is 1.82. The van der Waals surface area contributed by atoms with Crippen molar-refractivity contribution in [3.63, 3.8) is 0 Å². The highest BCUT2D eigenvalue weighted by atomic mass is 79.9. The van der Waals surface area contributed by atoms with Gasteiger partial charge in [0, 0.05) is 23.7 Å². The molecule has 1 saturated heterocycles. The van der Waals surface area contributed by atoms with Gasteiger partial charge in [-0.1, -0.05) is 15.9 Å². The molecule has 5 nitrogen and oxygen atoms in total. The van der Waals surface area contributed by atoms with E-state index in [0.717, 1.165) is 13.0 Å². The van der Waals surface area contributed by atoms with Gasteiger partial charge >= 0.3 is 0 Å². The Bertz CT molecular complexity index is 407. The molecule has 0 spiro atoms. The van der Waals surface area contributed by atoms with Crippen molar-refractivity contribution in [3.8, 4) is 0 Å². The molecule has 0 aliphatic carbocycles. The van der Waals surface area contributed by atoms with E-state index in [1.54, 1.807) is 12.1 Å². The maximum absolute atomic E-state index is 10.8. The fraction of sp³-hybridized carbons (Fsp3) is 0.400. The first-order chi connectivity index (χ1) is 7.66. The number of nitrogens with one attached hydrogen (secondary N) is 1. The molecule has 6 heteroatoms. The highest BCUT2D eigenvalue weighted by Crippen LogP contribution is 2.28. The lowest BCUT2D eigenvalue weighted by atomic mass is 10.2. The summed E-state index contributed by atoms with van der Waals surface area (Å²) >= 11 is 3.21. The van der Waals surface area contributed by atoms with E-state index in [2.05, 4.69) is 21.2 Å². The highest BCUT2D eigenvalue weighted by molar-refractivity contribution is 9.10. The van der Waals surface area contributed by atoms with Crippen LogP contribution < -0.4 is 5.32 Å². The van der Waals surface area contributed by atoms with Crippen LogP contribution in [0.15, 0.2) is 22.7 Å². The van der Waals surface area contributed by atoms with Gasteiger partial charge in [-0.25, -0.2) is 0 Å². The molecule has 0 saturated carbocycles. The number of nitrogens with zero attached hydrogens (tertiary/aromatic N) is 1. The molecule has 86 valence electrons. The number of hydrogen-bond acceptors (Lipinski definition) is 4. The van der Waals surface area contributed by atoms with Gasteiger partial charge in [0.1, 0.15) is 5.69 Å². The minimum atomic E-state index is -0.394. The Morgan fingerprint density at radius 2 is 2.38 bits per heavy atom. The summed E-state index contributed by atoms with van der Waals surface area (Å²) in [6, 6.07) is 4.96. The minimum Gasteiger partial charge on any atom is -0.377 e. The lowest BCUT2D eigenvalue weighted by Gasteiger charge is -2.26. The number of anilines is 1. The van der Waals surface area contributed by atoms with Crippen molar-refractivity contribution in [1.82, 2.24) is 0 Å². The molecule has 0 aromatic heterocycles. The van der Waals surface area contributed by atoms with E-state index in [-0.39, 0.29) is 11.8 Å². The molecule has 1 fully saturated rings. The second kappa shape index (κ2) is 4.80. The molecule has 1 aromatic rings. The molecule has 0 bridgehead atoms. The third-order valence-electron chi connectivity index (χ3n) is 2.47. The van der Waals surface area contributed by atoms with Crippen LogP contribution in [0.2, 0.25) is 0 Å². The molecule has 0 radical (unpaired) electrons. The molecule has 0 unspecified atom stereocenters. The van der Waals surface area contributed by atoms with Gasteiger partial charge < -0.3 is 10.1 Å². The Labute approximate surface area is 101 Å². The third-order valence-corrected chi connectivity index (χ3v) is 2.96. The average molecular weight is 287 g/mol. The molecule has 1 N–H and O–H groups in total. The second-order valence-corrected chi connectivity index (χ2v) is 4.50. The smallest absolute Gasteiger partial charge is 0.293 e. The van der Waals surface area contributed by atoms with Crippen molar-refractivity contribution in [2.24, 2.45) is 0 Å². The molecular weight excluding hydrogens is 276 g/mol. The zero-order chi connectivity index (χ0) is 11.5. The maximum Gasteiger partial charge on any atom is 0.293 e. The van der Waals surface area contributed by atoms with Gasteiger partial charge in [0.15, 0.2) is 0 Å². The number of nitro benzene ring substituents is 1. The van der Waals surface area contributed by atoms with Gasteiger partial charge in [-0.05, 0) is 18.6 Å². The van der Waals surface area contributed by atoms with E-state index in [1.165, 1.54) is 6.07 Å². The van der Waals surface area contributed by atoms with Crippen molar-refractivity contribution in [3.05, 3.63) is 32.8 Å². The van der Waals surface area contributed by atoms with Crippen LogP contribution >= 0.6 is 15.9 Å². The quantitative estimate of drug-likeness (QED) is 0.682. The lowest BCUT2D eigenvalue weighted by Crippen LogP contribution is -2.33. The molecule has 1 aliphatic rings. The van der Waals surface area contributed by atoms with Crippen LogP contribution in [-0.2, 0) is 4.74 Å². The molecule has 1 aromatic carbocycles. The summed E-state index contributed by atoms with van der Waals surface area (Å²) < 4.78 is 5.93. The third kappa shape index (κ3) is 2.51. The molecule has 16 heavy (non-hydrogen) atoms. The molecule has 1 atom stereocenters. The Hall–Kier alpha value is -1.14. The highest BCUT2D eigenvalue weighted by Gasteiger charge is 2.20. The van der Waals surface area contributed by atoms with E-state index in [9.17, 15) is 10.1 Å². The lowest BCUT2D eigenvalue weighted by molar-refractivity contribution is -0.384. The summed E-state index contributed by atoms with van der Waals surface area (Å²) in [4.78, 5) is 10.4. The SMILES string of the molecule is O=[N+]([O-])c1cc(Br)ccc1NC[C@@H]1CCO1. The zero-order valence-electron chi connectivity index (χ0n) is 8.48. The van der Waals surface area contributed by atoms with Gasteiger partial charge in [-0.2, -0.15) is 0 Å². The van der Waals surface area contributed by atoms with E-state index in [1.807, 2.05) is 0 Å². The first-order valence-electron chi connectivity index (χ1n) is 4.96. The van der Waals surface area contributed by atoms with Crippen molar-refractivity contribution in [2.75, 3.05) is 18.5 Å². The average Bonchev–Trinajstić information content (AvgIpc) is 2.17. The predicted molar refractivity (Wildman–Crippen MR) is 63.6 cm³/mol. The standard InChI is InChI=1S/C10H11BrN2O3/c11-7-1-2-9(10(5-7)13(14)15)12-6-8-3-4-16-8/h1-2,5,8,12H,3-4,6H2/t8-/m0/s1. The van der Waals surface area contributed by atoms with Crippen molar-refractivity contribution in [2.45, 2.75) is 12.5 Å². The van der Waals surface area contributed by atoms with E-state index >= 15 is 0 Å². The van der Waals surface area contributed by atoms with Crippen LogP contribution in [-0.4, -0.2) is 24.2 Å². The molecule has 0 amide bonds. The van der Waals surface area contributed by atoms with Crippen LogP contribution in [0.5, 0.6) is 0 Å². The normalized spacial score (nSPS) is 18.9. The Kier molecular flexibility index (Phi) is 3.40. The molecule has 1 aliphatic heterocycles. The maximum atomic E-state index is 10.8. The Morgan fingerprint density at radius 3 is 2.94 bits per heavy atom. The summed E-state index contributed by atoms with van der Waals surface area (Å²) in [7, 11) is 0. The number of rotatable bonds is 4. The van der Waals surface area contributed by atoms with Crippen LogP contribution in [0, 0.1) is 10.1 Å². The first kappa shape index (κ1) is 11.3. The van der Waals surface area contributed by atoms with Crippen molar-refractivity contribution < 1.29 is 9.66 Å². The number of hydrogen-bond donors (Lipinski definition) is 1. The van der Waals surface area contributed by atoms with Crippen LogP contribution in [0.4, 0.5) is 11.4 Å². The number of nitro groups is 1. The number of benzene rings is 1. The molecule has 1 heterocycles. The van der Waals surface area contributed by atoms with E-state index in [0.29, 0.717) is 16.7 Å². The summed E-state index contributed by atoms with van der Waals surface area (Å²) in [5, 5.41) is 13.9. The number of ether oxygens (including phenoxy) is 1. The Balaban J connectivity index is 2.08. The van der Waals surface area contributed by atoms with Gasteiger partial charge in [-0.3, -0.25) is 10.1 Å². The largest absolute Gasteiger partial charge is 0.377 e. The molecule has 2 rings (SSSR count). The monoisotopic (exact) mass is 286 g/mol. The predicted octanol–water partition coefficient (Wildman–Crippen LogP) is 2.56.